The monoisotopic (exact) mass is 411 g/mol. The summed E-state index contributed by atoms with van der Waals surface area (Å²) in [6, 6.07) is 11.1. The lowest BCUT2D eigenvalue weighted by Gasteiger charge is -2.27. The van der Waals surface area contributed by atoms with Crippen molar-refractivity contribution in [1.29, 1.82) is 0 Å². The van der Waals surface area contributed by atoms with Crippen molar-refractivity contribution in [2.24, 2.45) is 5.84 Å². The highest BCUT2D eigenvalue weighted by Crippen LogP contribution is 2.16. The molecule has 9 heteroatoms. The number of aliphatic hydroxyl groups excluding tert-OH is 1. The van der Waals surface area contributed by atoms with E-state index in [1.165, 1.54) is 0 Å². The molecule has 28 heavy (non-hydrogen) atoms. The van der Waals surface area contributed by atoms with E-state index in [4.69, 9.17) is 15.3 Å². The smallest absolute Gasteiger partial charge is 0.233 e. The highest BCUT2D eigenvalue weighted by Gasteiger charge is 2.19. The number of β-amino-alcohol motifs (C(OH)–C–C–N with tert-alkyl or cyclic N) is 1. The molecule has 1 aromatic carbocycles. The van der Waals surface area contributed by atoms with Crippen molar-refractivity contribution in [1.82, 2.24) is 15.5 Å². The van der Waals surface area contributed by atoms with E-state index in [1.54, 1.807) is 12.1 Å². The molecule has 0 amide bonds. The number of nitrogens with one attached hydrogen (secondary N) is 2. The number of para-hydroxylation sites is 1. The molecule has 0 fully saturated rings. The molecule has 1 unspecified atom stereocenters. The Morgan fingerprint density at radius 2 is 1.89 bits per heavy atom. The molecule has 0 bridgehead atoms. The molecule has 1 aromatic heterocycles. The van der Waals surface area contributed by atoms with E-state index in [0.29, 0.717) is 24.8 Å². The Labute approximate surface area is 172 Å². The zero-order valence-electron chi connectivity index (χ0n) is 16.5. The summed E-state index contributed by atoms with van der Waals surface area (Å²) >= 11 is 0. The number of halogens is 1. The number of nitrogens with two attached hydrogens (primary N) is 1. The number of nitrogen functional groups attached to an aromatic ring is 1. The Bertz CT molecular complexity index is 700. The summed E-state index contributed by atoms with van der Waals surface area (Å²) in [6.07, 6.45) is 0.128. The summed E-state index contributed by atoms with van der Waals surface area (Å²) in [5.74, 6) is 6.96. The zero-order valence-corrected chi connectivity index (χ0v) is 17.3. The molecular weight excluding hydrogens is 382 g/mol. The summed E-state index contributed by atoms with van der Waals surface area (Å²) in [4.78, 5) is 0. The summed E-state index contributed by atoms with van der Waals surface area (Å²) in [6.45, 7) is 7.22. The average molecular weight is 412 g/mol. The highest BCUT2D eigenvalue weighted by molar-refractivity contribution is 5.85. The fraction of sp³-hybridized carbons (Fsp3) is 0.474. The van der Waals surface area contributed by atoms with Gasteiger partial charge >= 0.3 is 0 Å². The van der Waals surface area contributed by atoms with Gasteiger partial charge in [0.1, 0.15) is 18.5 Å². The Balaban J connectivity index is 0.00000392. The van der Waals surface area contributed by atoms with Crippen LogP contribution in [0, 0.1) is 6.92 Å². The quantitative estimate of drug-likeness (QED) is 0.328. The largest absolute Gasteiger partial charge is 0.491 e. The molecule has 0 aliphatic carbocycles. The van der Waals surface area contributed by atoms with Crippen LogP contribution in [0.1, 0.15) is 25.8 Å². The minimum absolute atomic E-state index is 0. The predicted molar refractivity (Wildman–Crippen MR) is 112 cm³/mol. The van der Waals surface area contributed by atoms with Crippen LogP contribution in [0.2, 0.25) is 0 Å². The maximum Gasteiger partial charge on any atom is 0.233 e. The molecule has 5 N–H and O–H groups in total. The number of aromatic nitrogens is 2. The molecule has 0 aliphatic rings. The third-order valence-corrected chi connectivity index (χ3v) is 4.11. The number of ether oxygens (including phenoxy) is 2. The Kier molecular flexibility index (Phi) is 9.95. The summed E-state index contributed by atoms with van der Waals surface area (Å²) in [5, 5.41) is 21.3. The number of hydrazine groups is 1. The lowest BCUT2D eigenvalue weighted by atomic mass is 10.0. The van der Waals surface area contributed by atoms with Gasteiger partial charge in [0.05, 0.1) is 6.61 Å². The second kappa shape index (κ2) is 11.7. The van der Waals surface area contributed by atoms with E-state index >= 15 is 0 Å². The molecule has 0 saturated carbocycles. The molecule has 0 spiro atoms. The summed E-state index contributed by atoms with van der Waals surface area (Å²) in [5.41, 5.74) is 3.25. The number of anilines is 1. The Morgan fingerprint density at radius 3 is 2.54 bits per heavy atom. The normalized spacial score (nSPS) is 12.0. The predicted octanol–water partition coefficient (Wildman–Crippen LogP) is 2.07. The summed E-state index contributed by atoms with van der Waals surface area (Å²) in [7, 11) is 0. The highest BCUT2D eigenvalue weighted by atomic mass is 35.5. The van der Waals surface area contributed by atoms with Crippen LogP contribution in [0.4, 0.5) is 5.82 Å². The van der Waals surface area contributed by atoms with Crippen LogP contribution in [0.3, 0.4) is 0 Å². The van der Waals surface area contributed by atoms with Gasteiger partial charge in [-0.05, 0) is 44.9 Å². The summed E-state index contributed by atoms with van der Waals surface area (Å²) < 4.78 is 11.3. The van der Waals surface area contributed by atoms with Gasteiger partial charge in [0, 0.05) is 18.2 Å². The standard InChI is InChI=1S/C19H29N5O3.ClH/c1-14-6-4-5-7-16(14)27-13-15(25)12-21-19(2,3)10-11-26-18-9-8-17(22-20)23-24-18;/h4-9,15,21,25H,10-13,20H2,1-3H3,(H,22,23);1H. The Morgan fingerprint density at radius 1 is 1.14 bits per heavy atom. The van der Waals surface area contributed by atoms with Gasteiger partial charge in [-0.1, -0.05) is 18.2 Å². The molecule has 1 heterocycles. The molecule has 1 atom stereocenters. The van der Waals surface area contributed by atoms with E-state index in [1.807, 2.05) is 31.2 Å². The maximum atomic E-state index is 10.2. The number of nitrogens with zero attached hydrogens (tertiary/aromatic N) is 2. The van der Waals surface area contributed by atoms with Crippen molar-refractivity contribution in [3.63, 3.8) is 0 Å². The maximum absolute atomic E-state index is 10.2. The van der Waals surface area contributed by atoms with Gasteiger partial charge in [-0.25, -0.2) is 5.84 Å². The van der Waals surface area contributed by atoms with Crippen LogP contribution >= 0.6 is 12.4 Å². The van der Waals surface area contributed by atoms with Crippen LogP contribution in [0.15, 0.2) is 36.4 Å². The van der Waals surface area contributed by atoms with Crippen LogP contribution in [-0.2, 0) is 0 Å². The van der Waals surface area contributed by atoms with Gasteiger partial charge < -0.3 is 25.3 Å². The lowest BCUT2D eigenvalue weighted by molar-refractivity contribution is 0.0961. The van der Waals surface area contributed by atoms with Crippen molar-refractivity contribution < 1.29 is 14.6 Å². The minimum Gasteiger partial charge on any atom is -0.491 e. The minimum atomic E-state index is -0.605. The third-order valence-electron chi connectivity index (χ3n) is 4.11. The third kappa shape index (κ3) is 8.26. The van der Waals surface area contributed by atoms with Crippen molar-refractivity contribution in [3.05, 3.63) is 42.0 Å². The molecule has 0 aliphatic heterocycles. The lowest BCUT2D eigenvalue weighted by Crippen LogP contribution is -2.45. The first-order valence-corrected chi connectivity index (χ1v) is 8.94. The van der Waals surface area contributed by atoms with E-state index in [9.17, 15) is 5.11 Å². The van der Waals surface area contributed by atoms with Crippen LogP contribution in [0.5, 0.6) is 11.6 Å². The Hall–Kier alpha value is -2.13. The topological polar surface area (TPSA) is 115 Å². The van der Waals surface area contributed by atoms with Crippen molar-refractivity contribution >= 4 is 18.2 Å². The molecule has 2 rings (SSSR count). The van der Waals surface area contributed by atoms with Crippen LogP contribution in [-0.4, -0.2) is 46.7 Å². The van der Waals surface area contributed by atoms with E-state index < -0.39 is 6.10 Å². The molecule has 156 valence electrons. The number of hydrogen-bond acceptors (Lipinski definition) is 8. The second-order valence-corrected chi connectivity index (χ2v) is 6.99. The van der Waals surface area contributed by atoms with Gasteiger partial charge in [-0.2, -0.15) is 0 Å². The van der Waals surface area contributed by atoms with Crippen LogP contribution in [0.25, 0.3) is 0 Å². The molecule has 0 radical (unpaired) electrons. The van der Waals surface area contributed by atoms with Crippen LogP contribution < -0.4 is 26.1 Å². The first-order valence-electron chi connectivity index (χ1n) is 8.94. The van der Waals surface area contributed by atoms with E-state index in [-0.39, 0.29) is 24.6 Å². The van der Waals surface area contributed by atoms with Crippen molar-refractivity contribution in [3.8, 4) is 11.6 Å². The number of aliphatic hydroxyl groups is 1. The van der Waals surface area contributed by atoms with Gasteiger partial charge in [-0.3, -0.25) is 0 Å². The van der Waals surface area contributed by atoms with Gasteiger partial charge in [-0.15, -0.1) is 22.6 Å². The SMILES string of the molecule is Cc1ccccc1OCC(O)CNC(C)(C)CCOc1ccc(NN)nn1.Cl. The second-order valence-electron chi connectivity index (χ2n) is 6.99. The molecule has 8 nitrogen and oxygen atoms in total. The first-order chi connectivity index (χ1) is 12.9. The first kappa shape index (κ1) is 23.9. The fourth-order valence-electron chi connectivity index (χ4n) is 2.33. The number of rotatable bonds is 11. The molecule has 0 saturated heterocycles. The van der Waals surface area contributed by atoms with Gasteiger partial charge in [0.15, 0.2) is 5.82 Å². The zero-order chi connectivity index (χ0) is 19.7. The number of aryl methyl sites for hydroxylation is 1. The van der Waals surface area contributed by atoms with E-state index in [0.717, 1.165) is 17.7 Å². The molecule has 2 aromatic rings. The van der Waals surface area contributed by atoms with Crippen molar-refractivity contribution in [2.75, 3.05) is 25.2 Å². The van der Waals surface area contributed by atoms with E-state index in [2.05, 4.69) is 34.8 Å². The average Bonchev–Trinajstić information content (AvgIpc) is 2.66. The number of hydrogen-bond donors (Lipinski definition) is 4. The van der Waals surface area contributed by atoms with Crippen molar-refractivity contribution in [2.45, 2.75) is 38.8 Å². The van der Waals surface area contributed by atoms with Gasteiger partial charge in [0.25, 0.3) is 0 Å². The fourth-order valence-corrected chi connectivity index (χ4v) is 2.33. The van der Waals surface area contributed by atoms with Gasteiger partial charge in [0.2, 0.25) is 5.88 Å². The molecular formula is C19H30ClN5O3. The number of benzene rings is 1.